The van der Waals surface area contributed by atoms with Crippen molar-refractivity contribution in [2.24, 2.45) is 5.92 Å². The van der Waals surface area contributed by atoms with Gasteiger partial charge in [-0.25, -0.2) is 0 Å². The van der Waals surface area contributed by atoms with Crippen LogP contribution in [0.4, 0.5) is 5.69 Å². The molecular weight excluding hydrogens is 304 g/mol. The van der Waals surface area contributed by atoms with Crippen molar-refractivity contribution in [3.8, 4) is 0 Å². The Balaban J connectivity index is 2.30. The summed E-state index contributed by atoms with van der Waals surface area (Å²) < 4.78 is 1.09. The summed E-state index contributed by atoms with van der Waals surface area (Å²) in [6.45, 7) is 6.02. The molecule has 0 amide bonds. The van der Waals surface area contributed by atoms with Crippen LogP contribution >= 0.6 is 15.9 Å². The molecule has 3 unspecified atom stereocenters. The fourth-order valence-corrected chi connectivity index (χ4v) is 2.93. The predicted octanol–water partition coefficient (Wildman–Crippen LogP) is 2.94. The maximum absolute atomic E-state index is 10.1. The van der Waals surface area contributed by atoms with Gasteiger partial charge < -0.3 is 15.3 Å². The third-order valence-corrected chi connectivity index (χ3v) is 4.64. The highest BCUT2D eigenvalue weighted by Gasteiger charge is 2.26. The third-order valence-electron chi connectivity index (χ3n) is 4.15. The van der Waals surface area contributed by atoms with E-state index in [2.05, 4.69) is 58.2 Å². The van der Waals surface area contributed by atoms with Crippen LogP contribution in [0.25, 0.3) is 0 Å². The zero-order valence-corrected chi connectivity index (χ0v) is 13.4. The van der Waals surface area contributed by atoms with Gasteiger partial charge in [-0.05, 0) is 44.0 Å². The monoisotopic (exact) mass is 326 g/mol. The summed E-state index contributed by atoms with van der Waals surface area (Å²) in [4.78, 5) is 2.30. The lowest BCUT2D eigenvalue weighted by molar-refractivity contribution is 0.103. The highest BCUT2D eigenvalue weighted by Crippen LogP contribution is 2.32. The van der Waals surface area contributed by atoms with Crippen molar-refractivity contribution in [3.63, 3.8) is 0 Å². The smallest absolute Gasteiger partial charge is 0.0741 e. The van der Waals surface area contributed by atoms with Gasteiger partial charge in [-0.3, -0.25) is 0 Å². The van der Waals surface area contributed by atoms with Gasteiger partial charge in [0.1, 0.15) is 0 Å². The van der Waals surface area contributed by atoms with E-state index in [0.29, 0.717) is 12.0 Å². The number of benzene rings is 1. The number of β-amino-alcohol motifs (C(OH)–C–C–N with tert-alkyl or cyclic N) is 1. The van der Waals surface area contributed by atoms with Crippen LogP contribution in [0.1, 0.15) is 31.9 Å². The predicted molar refractivity (Wildman–Crippen MR) is 83.6 cm³/mol. The van der Waals surface area contributed by atoms with Crippen molar-refractivity contribution in [2.45, 2.75) is 32.4 Å². The summed E-state index contributed by atoms with van der Waals surface area (Å²) in [7, 11) is 1.98. The van der Waals surface area contributed by atoms with Gasteiger partial charge in [0.05, 0.1) is 6.10 Å². The van der Waals surface area contributed by atoms with Crippen LogP contribution in [0.3, 0.4) is 0 Å². The molecule has 4 heteroatoms. The van der Waals surface area contributed by atoms with E-state index in [9.17, 15) is 5.11 Å². The van der Waals surface area contributed by atoms with E-state index in [1.165, 1.54) is 11.3 Å². The lowest BCUT2D eigenvalue weighted by Crippen LogP contribution is -2.43. The SMILES string of the molecule is CNC(C)c1ccc(Br)cc1N1CCC(C)C(O)C1. The Bertz CT molecular complexity index is 438. The number of halogens is 1. The van der Waals surface area contributed by atoms with E-state index in [1.54, 1.807) is 0 Å². The highest BCUT2D eigenvalue weighted by molar-refractivity contribution is 9.10. The van der Waals surface area contributed by atoms with Crippen molar-refractivity contribution in [1.29, 1.82) is 0 Å². The van der Waals surface area contributed by atoms with E-state index >= 15 is 0 Å². The number of nitrogens with one attached hydrogen (secondary N) is 1. The maximum Gasteiger partial charge on any atom is 0.0741 e. The van der Waals surface area contributed by atoms with Crippen LogP contribution < -0.4 is 10.2 Å². The second-order valence-corrected chi connectivity index (χ2v) is 6.41. The summed E-state index contributed by atoms with van der Waals surface area (Å²) in [5, 5.41) is 13.4. The summed E-state index contributed by atoms with van der Waals surface area (Å²) >= 11 is 3.55. The van der Waals surface area contributed by atoms with E-state index in [-0.39, 0.29) is 6.10 Å². The van der Waals surface area contributed by atoms with Gasteiger partial charge in [-0.1, -0.05) is 28.9 Å². The molecule has 1 aliphatic heterocycles. The summed E-state index contributed by atoms with van der Waals surface area (Å²) in [6.07, 6.45) is 0.812. The van der Waals surface area contributed by atoms with Crippen LogP contribution in [-0.4, -0.2) is 31.3 Å². The van der Waals surface area contributed by atoms with E-state index in [4.69, 9.17) is 0 Å². The number of hydrogen-bond acceptors (Lipinski definition) is 3. The minimum absolute atomic E-state index is 0.231. The quantitative estimate of drug-likeness (QED) is 0.896. The van der Waals surface area contributed by atoms with Crippen LogP contribution in [0.2, 0.25) is 0 Å². The molecule has 1 fully saturated rings. The zero-order valence-electron chi connectivity index (χ0n) is 11.9. The van der Waals surface area contributed by atoms with Crippen LogP contribution in [0.5, 0.6) is 0 Å². The highest BCUT2D eigenvalue weighted by atomic mass is 79.9. The third kappa shape index (κ3) is 3.30. The van der Waals surface area contributed by atoms with Gasteiger partial charge >= 0.3 is 0 Å². The van der Waals surface area contributed by atoms with Gasteiger partial charge in [0.15, 0.2) is 0 Å². The molecule has 1 aromatic carbocycles. The van der Waals surface area contributed by atoms with E-state index in [1.807, 2.05) is 7.05 Å². The molecule has 19 heavy (non-hydrogen) atoms. The van der Waals surface area contributed by atoms with Crippen LogP contribution in [0, 0.1) is 5.92 Å². The molecule has 3 nitrogen and oxygen atoms in total. The summed E-state index contributed by atoms with van der Waals surface area (Å²) in [5.41, 5.74) is 2.51. The van der Waals surface area contributed by atoms with Crippen LogP contribution in [0.15, 0.2) is 22.7 Å². The summed E-state index contributed by atoms with van der Waals surface area (Å²) in [5.74, 6) is 0.397. The molecule has 106 valence electrons. The molecule has 1 saturated heterocycles. The van der Waals surface area contributed by atoms with Gasteiger partial charge in [0.25, 0.3) is 0 Å². The number of hydrogen-bond donors (Lipinski definition) is 2. The fourth-order valence-electron chi connectivity index (χ4n) is 2.58. The summed E-state index contributed by atoms with van der Waals surface area (Å²) in [6, 6.07) is 6.70. The van der Waals surface area contributed by atoms with Gasteiger partial charge in [-0.2, -0.15) is 0 Å². The number of aliphatic hydroxyl groups excluding tert-OH is 1. The Morgan fingerprint density at radius 3 is 2.84 bits per heavy atom. The van der Waals surface area contributed by atoms with Crippen molar-refractivity contribution >= 4 is 21.6 Å². The normalized spacial score (nSPS) is 25.4. The molecule has 0 aliphatic carbocycles. The average molecular weight is 327 g/mol. The Labute approximate surface area is 124 Å². The molecule has 0 aromatic heterocycles. The first kappa shape index (κ1) is 14.8. The Hall–Kier alpha value is -0.580. The molecule has 1 aromatic rings. The molecular formula is C15H23BrN2O. The lowest BCUT2D eigenvalue weighted by atomic mass is 9.94. The Kier molecular flexibility index (Phi) is 4.87. The molecule has 2 N–H and O–H groups in total. The zero-order chi connectivity index (χ0) is 14.0. The van der Waals surface area contributed by atoms with E-state index in [0.717, 1.165) is 24.0 Å². The first-order chi connectivity index (χ1) is 9.02. The second-order valence-electron chi connectivity index (χ2n) is 5.49. The van der Waals surface area contributed by atoms with Gasteiger partial charge in [0.2, 0.25) is 0 Å². The number of rotatable bonds is 3. The van der Waals surface area contributed by atoms with Crippen LogP contribution in [-0.2, 0) is 0 Å². The lowest BCUT2D eigenvalue weighted by Gasteiger charge is -2.37. The van der Waals surface area contributed by atoms with Crippen molar-refractivity contribution in [1.82, 2.24) is 5.32 Å². The Morgan fingerprint density at radius 1 is 1.47 bits per heavy atom. The van der Waals surface area contributed by atoms with Crippen molar-refractivity contribution in [3.05, 3.63) is 28.2 Å². The number of piperidine rings is 1. The van der Waals surface area contributed by atoms with E-state index < -0.39 is 0 Å². The first-order valence-electron chi connectivity index (χ1n) is 6.92. The number of anilines is 1. The first-order valence-corrected chi connectivity index (χ1v) is 7.72. The molecule has 0 bridgehead atoms. The second kappa shape index (κ2) is 6.25. The molecule has 0 spiro atoms. The standard InChI is InChI=1S/C15H23BrN2O/c1-10-6-7-18(9-15(10)19)14-8-12(16)4-5-13(14)11(2)17-3/h4-5,8,10-11,15,17,19H,6-7,9H2,1-3H3. The average Bonchev–Trinajstić information content (AvgIpc) is 2.41. The molecule has 0 saturated carbocycles. The number of aliphatic hydroxyl groups is 1. The molecule has 1 aliphatic rings. The van der Waals surface area contributed by atoms with Gasteiger partial charge in [0, 0.05) is 29.3 Å². The maximum atomic E-state index is 10.1. The van der Waals surface area contributed by atoms with Crippen molar-refractivity contribution in [2.75, 3.05) is 25.0 Å². The topological polar surface area (TPSA) is 35.5 Å². The largest absolute Gasteiger partial charge is 0.391 e. The molecule has 1 heterocycles. The molecule has 0 radical (unpaired) electrons. The fraction of sp³-hybridized carbons (Fsp3) is 0.600. The molecule has 2 rings (SSSR count). The Morgan fingerprint density at radius 2 is 2.21 bits per heavy atom. The minimum Gasteiger partial charge on any atom is -0.391 e. The number of nitrogens with zero attached hydrogens (tertiary/aromatic N) is 1. The van der Waals surface area contributed by atoms with Gasteiger partial charge in [-0.15, -0.1) is 0 Å². The minimum atomic E-state index is -0.231. The molecule has 3 atom stereocenters. The van der Waals surface area contributed by atoms with Crippen molar-refractivity contribution < 1.29 is 5.11 Å².